The van der Waals surface area contributed by atoms with Gasteiger partial charge in [0.2, 0.25) is 5.91 Å². The molecular weight excluding hydrogens is 292 g/mol. The van der Waals surface area contributed by atoms with Crippen molar-refractivity contribution in [1.82, 2.24) is 10.6 Å². The van der Waals surface area contributed by atoms with Gasteiger partial charge in [0.05, 0.1) is 16.8 Å². The summed E-state index contributed by atoms with van der Waals surface area (Å²) in [5.74, 6) is -1.31. The van der Waals surface area contributed by atoms with Crippen LogP contribution < -0.4 is 10.6 Å². The van der Waals surface area contributed by atoms with Crippen LogP contribution in [0.15, 0.2) is 17.5 Å². The maximum absolute atomic E-state index is 11.8. The molecule has 1 heterocycles. The molecule has 1 aromatic heterocycles. The molecule has 0 atom stereocenters. The largest absolute Gasteiger partial charge is 0.481 e. The summed E-state index contributed by atoms with van der Waals surface area (Å²) in [6.45, 7) is 0.242. The Morgan fingerprint density at radius 2 is 2.10 bits per heavy atom. The molecule has 1 aliphatic carbocycles. The average molecular weight is 310 g/mol. The first-order valence-electron chi connectivity index (χ1n) is 6.85. The SMILES string of the molecule is O=C(O)CC1(NC(=O)CCNC(=O)c2cccs2)CCC1. The maximum atomic E-state index is 11.8. The van der Waals surface area contributed by atoms with Gasteiger partial charge in [-0.3, -0.25) is 14.4 Å². The van der Waals surface area contributed by atoms with E-state index >= 15 is 0 Å². The van der Waals surface area contributed by atoms with Crippen molar-refractivity contribution in [3.05, 3.63) is 22.4 Å². The van der Waals surface area contributed by atoms with Crippen molar-refractivity contribution in [3.63, 3.8) is 0 Å². The van der Waals surface area contributed by atoms with Crippen LogP contribution in [0.1, 0.15) is 41.8 Å². The van der Waals surface area contributed by atoms with Crippen molar-refractivity contribution in [2.24, 2.45) is 0 Å². The van der Waals surface area contributed by atoms with Crippen LogP contribution in [-0.2, 0) is 9.59 Å². The summed E-state index contributed by atoms with van der Waals surface area (Å²) in [5, 5.41) is 16.2. The van der Waals surface area contributed by atoms with E-state index in [1.807, 2.05) is 5.38 Å². The van der Waals surface area contributed by atoms with Gasteiger partial charge in [-0.15, -0.1) is 11.3 Å². The van der Waals surface area contributed by atoms with E-state index in [9.17, 15) is 14.4 Å². The van der Waals surface area contributed by atoms with Gasteiger partial charge in [-0.1, -0.05) is 6.07 Å². The van der Waals surface area contributed by atoms with Crippen LogP contribution in [0.4, 0.5) is 0 Å². The number of carbonyl (C=O) groups excluding carboxylic acids is 2. The number of aliphatic carboxylic acids is 1. The first-order valence-corrected chi connectivity index (χ1v) is 7.73. The molecule has 0 spiro atoms. The van der Waals surface area contributed by atoms with Crippen molar-refractivity contribution < 1.29 is 19.5 Å². The van der Waals surface area contributed by atoms with E-state index in [1.54, 1.807) is 12.1 Å². The minimum Gasteiger partial charge on any atom is -0.481 e. The number of thiophene rings is 1. The highest BCUT2D eigenvalue weighted by atomic mass is 32.1. The zero-order chi connectivity index (χ0) is 15.3. The summed E-state index contributed by atoms with van der Waals surface area (Å²) >= 11 is 1.34. The minimum absolute atomic E-state index is 0.0414. The van der Waals surface area contributed by atoms with Gasteiger partial charge >= 0.3 is 5.97 Å². The Morgan fingerprint density at radius 3 is 2.62 bits per heavy atom. The molecule has 0 radical (unpaired) electrons. The molecule has 114 valence electrons. The summed E-state index contributed by atoms with van der Waals surface area (Å²) in [5.41, 5.74) is -0.583. The van der Waals surface area contributed by atoms with Gasteiger partial charge in [-0.25, -0.2) is 0 Å². The van der Waals surface area contributed by atoms with Crippen LogP contribution in [0.5, 0.6) is 0 Å². The van der Waals surface area contributed by atoms with Gasteiger partial charge in [0.25, 0.3) is 5.91 Å². The van der Waals surface area contributed by atoms with Gasteiger partial charge in [0.15, 0.2) is 0 Å². The van der Waals surface area contributed by atoms with Crippen molar-refractivity contribution >= 4 is 29.1 Å². The zero-order valence-electron chi connectivity index (χ0n) is 11.6. The van der Waals surface area contributed by atoms with E-state index in [2.05, 4.69) is 10.6 Å². The van der Waals surface area contributed by atoms with E-state index in [0.29, 0.717) is 17.7 Å². The predicted molar refractivity (Wildman–Crippen MR) is 78.2 cm³/mol. The monoisotopic (exact) mass is 310 g/mol. The Balaban J connectivity index is 1.72. The van der Waals surface area contributed by atoms with Crippen LogP contribution in [0.2, 0.25) is 0 Å². The Morgan fingerprint density at radius 1 is 1.33 bits per heavy atom. The third-order valence-corrected chi connectivity index (χ3v) is 4.46. The molecule has 1 aromatic rings. The Kier molecular flexibility index (Phi) is 4.95. The number of nitrogens with one attached hydrogen (secondary N) is 2. The topological polar surface area (TPSA) is 95.5 Å². The standard InChI is InChI=1S/C14H18N2O4S/c17-11(16-14(5-2-6-14)9-12(18)19)4-7-15-13(20)10-3-1-8-21-10/h1,3,8H,2,4-7,9H2,(H,15,20)(H,16,17)(H,18,19). The lowest BCUT2D eigenvalue weighted by atomic mass is 9.74. The molecular formula is C14H18N2O4S. The fourth-order valence-electron chi connectivity index (χ4n) is 2.38. The van der Waals surface area contributed by atoms with Gasteiger partial charge in [-0.05, 0) is 30.7 Å². The summed E-state index contributed by atoms with van der Waals surface area (Å²) in [6.07, 6.45) is 2.45. The van der Waals surface area contributed by atoms with Crippen LogP contribution in [0.25, 0.3) is 0 Å². The van der Waals surface area contributed by atoms with Crippen molar-refractivity contribution in [1.29, 1.82) is 0 Å². The van der Waals surface area contributed by atoms with Crippen LogP contribution in [0, 0.1) is 0 Å². The zero-order valence-corrected chi connectivity index (χ0v) is 12.4. The predicted octanol–water partition coefficient (Wildman–Crippen LogP) is 1.38. The first kappa shape index (κ1) is 15.5. The summed E-state index contributed by atoms with van der Waals surface area (Å²) < 4.78 is 0. The van der Waals surface area contributed by atoms with E-state index in [4.69, 9.17) is 5.11 Å². The second-order valence-electron chi connectivity index (χ2n) is 5.24. The van der Waals surface area contributed by atoms with Crippen molar-refractivity contribution in [2.75, 3.05) is 6.54 Å². The fourth-order valence-corrected chi connectivity index (χ4v) is 3.02. The molecule has 1 fully saturated rings. The highest BCUT2D eigenvalue weighted by Crippen LogP contribution is 2.34. The molecule has 1 aliphatic rings. The average Bonchev–Trinajstić information content (AvgIpc) is 2.89. The van der Waals surface area contributed by atoms with Gasteiger partial charge in [-0.2, -0.15) is 0 Å². The van der Waals surface area contributed by atoms with Crippen LogP contribution in [0.3, 0.4) is 0 Å². The van der Waals surface area contributed by atoms with Crippen LogP contribution in [-0.4, -0.2) is 35.0 Å². The summed E-state index contributed by atoms with van der Waals surface area (Å²) in [6, 6.07) is 3.51. The number of carbonyl (C=O) groups is 3. The first-order chi connectivity index (χ1) is 10.0. The molecule has 0 bridgehead atoms. The summed E-state index contributed by atoms with van der Waals surface area (Å²) in [7, 11) is 0. The van der Waals surface area contributed by atoms with Crippen molar-refractivity contribution in [2.45, 2.75) is 37.6 Å². The molecule has 0 unspecified atom stereocenters. The number of amides is 2. The molecule has 0 aliphatic heterocycles. The Hall–Kier alpha value is -1.89. The van der Waals surface area contributed by atoms with E-state index < -0.39 is 11.5 Å². The third-order valence-electron chi connectivity index (χ3n) is 3.59. The second-order valence-corrected chi connectivity index (χ2v) is 6.18. The number of rotatable bonds is 7. The quantitative estimate of drug-likeness (QED) is 0.709. The van der Waals surface area contributed by atoms with Crippen molar-refractivity contribution in [3.8, 4) is 0 Å². The molecule has 0 saturated heterocycles. The lowest BCUT2D eigenvalue weighted by molar-refractivity contribution is -0.140. The number of carboxylic acids is 1. The lowest BCUT2D eigenvalue weighted by Crippen LogP contribution is -2.55. The van der Waals surface area contributed by atoms with Gasteiger partial charge in [0, 0.05) is 13.0 Å². The normalized spacial score (nSPS) is 15.8. The van der Waals surface area contributed by atoms with Gasteiger partial charge < -0.3 is 15.7 Å². The molecule has 2 amide bonds. The molecule has 1 saturated carbocycles. The third kappa shape index (κ3) is 4.29. The molecule has 7 heteroatoms. The minimum atomic E-state index is -0.902. The molecule has 3 N–H and O–H groups in total. The number of carboxylic acid groups (broad SMARTS) is 1. The smallest absolute Gasteiger partial charge is 0.305 e. The fraction of sp³-hybridized carbons (Fsp3) is 0.500. The number of hydrogen-bond donors (Lipinski definition) is 3. The van der Waals surface area contributed by atoms with E-state index in [-0.39, 0.29) is 31.2 Å². The number of hydrogen-bond acceptors (Lipinski definition) is 4. The Labute approximate surface area is 126 Å². The van der Waals surface area contributed by atoms with E-state index in [1.165, 1.54) is 11.3 Å². The van der Waals surface area contributed by atoms with Crippen LogP contribution >= 0.6 is 11.3 Å². The maximum Gasteiger partial charge on any atom is 0.305 e. The van der Waals surface area contributed by atoms with Gasteiger partial charge in [0.1, 0.15) is 0 Å². The lowest BCUT2D eigenvalue weighted by Gasteiger charge is -2.41. The Bertz CT molecular complexity index is 523. The molecule has 21 heavy (non-hydrogen) atoms. The molecule has 6 nitrogen and oxygen atoms in total. The highest BCUT2D eigenvalue weighted by Gasteiger charge is 2.40. The molecule has 2 rings (SSSR count). The molecule has 0 aromatic carbocycles. The summed E-state index contributed by atoms with van der Waals surface area (Å²) in [4.78, 5) is 34.9. The van der Waals surface area contributed by atoms with E-state index in [0.717, 1.165) is 6.42 Å². The second kappa shape index (κ2) is 6.71. The highest BCUT2D eigenvalue weighted by molar-refractivity contribution is 7.12.